The molecule has 1 aliphatic heterocycles. The molecule has 0 aromatic carbocycles. The second-order valence-electron chi connectivity index (χ2n) is 4.42. The Morgan fingerprint density at radius 2 is 2.28 bits per heavy atom. The van der Waals surface area contributed by atoms with E-state index < -0.39 is 0 Å². The second kappa shape index (κ2) is 4.99. The minimum atomic E-state index is 0.274. The summed E-state index contributed by atoms with van der Waals surface area (Å²) in [5.41, 5.74) is 0. The van der Waals surface area contributed by atoms with Crippen LogP contribution >= 0.6 is 27.3 Å². The minimum Gasteiger partial charge on any atom is -0.396 e. The molecule has 2 aromatic rings. The number of aliphatic hydroxyl groups excluding tert-OH is 1. The van der Waals surface area contributed by atoms with E-state index in [4.69, 9.17) is 5.11 Å². The van der Waals surface area contributed by atoms with Crippen LogP contribution in [0.5, 0.6) is 0 Å². The van der Waals surface area contributed by atoms with Crippen LogP contribution in [0.3, 0.4) is 0 Å². The Hall–Kier alpha value is -0.920. The number of nitrogens with zero attached hydrogens (tertiary/aromatic N) is 4. The Kier molecular flexibility index (Phi) is 3.36. The molecule has 3 heterocycles. The van der Waals surface area contributed by atoms with Crippen molar-refractivity contribution in [3.05, 3.63) is 27.9 Å². The topological polar surface area (TPSA) is 54.2 Å². The van der Waals surface area contributed by atoms with Gasteiger partial charge in [0.15, 0.2) is 5.13 Å². The summed E-state index contributed by atoms with van der Waals surface area (Å²) in [5.74, 6) is 0.416. The highest BCUT2D eigenvalue weighted by molar-refractivity contribution is 9.10. The van der Waals surface area contributed by atoms with Gasteiger partial charge in [0, 0.05) is 42.9 Å². The van der Waals surface area contributed by atoms with Crippen molar-refractivity contribution in [2.24, 2.45) is 5.92 Å². The van der Waals surface area contributed by atoms with Crippen LogP contribution in [0.4, 0.5) is 5.13 Å². The number of halogens is 1. The Morgan fingerprint density at radius 1 is 1.44 bits per heavy atom. The predicted octanol–water partition coefficient (Wildman–Crippen LogP) is 1.58. The predicted molar refractivity (Wildman–Crippen MR) is 73.9 cm³/mol. The van der Waals surface area contributed by atoms with E-state index in [1.54, 1.807) is 17.5 Å². The maximum absolute atomic E-state index is 8.99. The Labute approximate surface area is 117 Å². The molecule has 0 atom stereocenters. The van der Waals surface area contributed by atoms with Gasteiger partial charge in [0.1, 0.15) is 0 Å². The molecule has 0 radical (unpaired) electrons. The smallest absolute Gasteiger partial charge is 0.185 e. The summed E-state index contributed by atoms with van der Waals surface area (Å²) in [7, 11) is 0. The van der Waals surface area contributed by atoms with E-state index in [2.05, 4.69) is 30.9 Å². The Balaban J connectivity index is 1.63. The van der Waals surface area contributed by atoms with Crippen molar-refractivity contribution in [2.75, 3.05) is 24.6 Å². The number of aliphatic hydroxyl groups is 1. The molecule has 7 heteroatoms. The van der Waals surface area contributed by atoms with Crippen LogP contribution < -0.4 is 4.90 Å². The summed E-state index contributed by atoms with van der Waals surface area (Å²) in [6, 6.07) is 0. The van der Waals surface area contributed by atoms with E-state index in [1.165, 1.54) is 4.88 Å². The first-order valence-electron chi connectivity index (χ1n) is 5.73. The zero-order valence-electron chi connectivity index (χ0n) is 9.66. The fraction of sp³-hybridized carbons (Fsp3) is 0.455. The van der Waals surface area contributed by atoms with Crippen LogP contribution in [0, 0.1) is 5.92 Å². The zero-order chi connectivity index (χ0) is 12.5. The van der Waals surface area contributed by atoms with Gasteiger partial charge in [-0.25, -0.2) is 4.98 Å². The first-order chi connectivity index (χ1) is 8.74. The van der Waals surface area contributed by atoms with E-state index in [-0.39, 0.29) is 6.61 Å². The van der Waals surface area contributed by atoms with Gasteiger partial charge in [-0.2, -0.15) is 5.10 Å². The quantitative estimate of drug-likeness (QED) is 0.925. The van der Waals surface area contributed by atoms with E-state index in [1.807, 2.05) is 17.1 Å². The van der Waals surface area contributed by atoms with Crippen LogP contribution in [0.1, 0.15) is 4.88 Å². The summed E-state index contributed by atoms with van der Waals surface area (Å²) >= 11 is 5.07. The Bertz CT molecular complexity index is 535. The summed E-state index contributed by atoms with van der Waals surface area (Å²) in [5, 5.41) is 14.3. The van der Waals surface area contributed by atoms with E-state index in [0.29, 0.717) is 5.92 Å². The number of hydrogen-bond acceptors (Lipinski definition) is 5. The normalized spacial score (nSPS) is 16.0. The van der Waals surface area contributed by atoms with Crippen LogP contribution in [-0.4, -0.2) is 39.6 Å². The maximum atomic E-state index is 8.99. The molecular formula is C11H13BrN4OS. The highest BCUT2D eigenvalue weighted by Crippen LogP contribution is 2.29. The van der Waals surface area contributed by atoms with Gasteiger partial charge in [-0.3, -0.25) is 4.68 Å². The van der Waals surface area contributed by atoms with Gasteiger partial charge in [-0.05, 0) is 15.9 Å². The van der Waals surface area contributed by atoms with Crippen molar-refractivity contribution < 1.29 is 5.11 Å². The number of thiazole rings is 1. The third kappa shape index (κ3) is 2.43. The summed E-state index contributed by atoms with van der Waals surface area (Å²) in [6.45, 7) is 2.85. The lowest BCUT2D eigenvalue weighted by atomic mass is 10.0. The average molecular weight is 329 g/mol. The standard InChI is InChI=1S/C11H13BrN4OS/c12-9-1-14-16(5-9)6-10-2-13-11(18-10)15-3-8(4-15)7-17/h1-2,5,8,17H,3-4,6-7H2. The molecular weight excluding hydrogens is 316 g/mol. The van der Waals surface area contributed by atoms with Gasteiger partial charge >= 0.3 is 0 Å². The largest absolute Gasteiger partial charge is 0.396 e. The van der Waals surface area contributed by atoms with Gasteiger partial charge in [0.05, 0.1) is 17.2 Å². The SMILES string of the molecule is OCC1CN(c2ncc(Cn3cc(Br)cn3)s2)C1. The second-order valence-corrected chi connectivity index (χ2v) is 6.43. The maximum Gasteiger partial charge on any atom is 0.185 e. The van der Waals surface area contributed by atoms with Gasteiger partial charge in [0.2, 0.25) is 0 Å². The van der Waals surface area contributed by atoms with Crippen molar-refractivity contribution >= 4 is 32.4 Å². The highest BCUT2D eigenvalue weighted by atomic mass is 79.9. The first kappa shape index (κ1) is 12.1. The van der Waals surface area contributed by atoms with Crippen LogP contribution in [0.2, 0.25) is 0 Å². The molecule has 0 bridgehead atoms. The fourth-order valence-electron chi connectivity index (χ4n) is 1.94. The molecule has 0 amide bonds. The van der Waals surface area contributed by atoms with Gasteiger partial charge in [-0.1, -0.05) is 11.3 Å². The zero-order valence-corrected chi connectivity index (χ0v) is 12.1. The van der Waals surface area contributed by atoms with E-state index in [9.17, 15) is 0 Å². The lowest BCUT2D eigenvalue weighted by Gasteiger charge is -2.37. The van der Waals surface area contributed by atoms with Crippen molar-refractivity contribution in [3.63, 3.8) is 0 Å². The van der Waals surface area contributed by atoms with Crippen molar-refractivity contribution in [1.82, 2.24) is 14.8 Å². The minimum absolute atomic E-state index is 0.274. The van der Waals surface area contributed by atoms with Gasteiger partial charge in [-0.15, -0.1) is 0 Å². The molecule has 0 saturated carbocycles. The molecule has 2 aromatic heterocycles. The lowest BCUT2D eigenvalue weighted by molar-refractivity contribution is 0.200. The van der Waals surface area contributed by atoms with Crippen molar-refractivity contribution in [2.45, 2.75) is 6.54 Å². The molecule has 96 valence electrons. The molecule has 1 aliphatic rings. The van der Waals surface area contributed by atoms with Crippen LogP contribution in [0.15, 0.2) is 23.1 Å². The number of rotatable bonds is 4. The molecule has 5 nitrogen and oxygen atoms in total. The first-order valence-corrected chi connectivity index (χ1v) is 7.34. The van der Waals surface area contributed by atoms with Crippen LogP contribution in [0.25, 0.3) is 0 Å². The average Bonchev–Trinajstić information content (AvgIpc) is 2.88. The molecule has 0 unspecified atom stereocenters. The third-order valence-corrected chi connectivity index (χ3v) is 4.40. The molecule has 1 fully saturated rings. The molecule has 0 aliphatic carbocycles. The summed E-state index contributed by atoms with van der Waals surface area (Å²) < 4.78 is 2.87. The van der Waals surface area contributed by atoms with Gasteiger partial charge < -0.3 is 10.0 Å². The molecule has 18 heavy (non-hydrogen) atoms. The third-order valence-electron chi connectivity index (χ3n) is 2.95. The number of hydrogen-bond donors (Lipinski definition) is 1. The summed E-state index contributed by atoms with van der Waals surface area (Å²) in [4.78, 5) is 7.81. The number of aromatic nitrogens is 3. The Morgan fingerprint density at radius 3 is 2.94 bits per heavy atom. The van der Waals surface area contributed by atoms with E-state index >= 15 is 0 Å². The highest BCUT2D eigenvalue weighted by Gasteiger charge is 2.27. The van der Waals surface area contributed by atoms with Crippen LogP contribution in [-0.2, 0) is 6.54 Å². The van der Waals surface area contributed by atoms with Crippen molar-refractivity contribution in [3.8, 4) is 0 Å². The molecule has 1 N–H and O–H groups in total. The monoisotopic (exact) mass is 328 g/mol. The lowest BCUT2D eigenvalue weighted by Crippen LogP contribution is -2.48. The fourth-order valence-corrected chi connectivity index (χ4v) is 3.19. The number of anilines is 1. The molecule has 0 spiro atoms. The molecule has 1 saturated heterocycles. The van der Waals surface area contributed by atoms with E-state index in [0.717, 1.165) is 29.2 Å². The summed E-state index contributed by atoms with van der Waals surface area (Å²) in [6.07, 6.45) is 5.63. The van der Waals surface area contributed by atoms with Gasteiger partial charge in [0.25, 0.3) is 0 Å². The van der Waals surface area contributed by atoms with Crippen molar-refractivity contribution in [1.29, 1.82) is 0 Å². The molecule has 3 rings (SSSR count).